The Labute approximate surface area is 65.3 Å². The van der Waals surface area contributed by atoms with E-state index < -0.39 is 0 Å². The summed E-state index contributed by atoms with van der Waals surface area (Å²) in [6, 6.07) is 0. The Hall–Kier alpha value is 0.390. The topological polar surface area (TPSA) is 9.23 Å². The molecular weight excluding hydrogens is 143 g/mol. The summed E-state index contributed by atoms with van der Waals surface area (Å²) in [7, 11) is 1.08. The molecule has 2 heteroatoms. The monoisotopic (exact) mass is 160 g/mol. The van der Waals surface area contributed by atoms with Crippen LogP contribution in [0.25, 0.3) is 0 Å². The molecular formula is C8H17OP. The molecule has 1 saturated heterocycles. The Morgan fingerprint density at radius 2 is 2.50 bits per heavy atom. The molecule has 10 heavy (non-hydrogen) atoms. The number of ether oxygens (including phenoxy) is 1. The average molecular weight is 160 g/mol. The van der Waals surface area contributed by atoms with Crippen molar-refractivity contribution in [2.45, 2.75) is 38.5 Å². The summed E-state index contributed by atoms with van der Waals surface area (Å²) in [5.74, 6) is 0.633. The van der Waals surface area contributed by atoms with Crippen molar-refractivity contribution in [1.82, 2.24) is 0 Å². The van der Waals surface area contributed by atoms with E-state index in [1.807, 2.05) is 0 Å². The Morgan fingerprint density at radius 3 is 3.10 bits per heavy atom. The van der Waals surface area contributed by atoms with Gasteiger partial charge in [-0.1, -0.05) is 28.3 Å². The fourth-order valence-corrected chi connectivity index (χ4v) is 2.51. The first-order valence-corrected chi connectivity index (χ1v) is 5.57. The van der Waals surface area contributed by atoms with E-state index in [-0.39, 0.29) is 0 Å². The summed E-state index contributed by atoms with van der Waals surface area (Å²) in [6.07, 6.45) is 6.66. The third kappa shape index (κ3) is 2.98. The number of hydrogen-bond donors (Lipinski definition) is 0. The molecule has 0 amide bonds. The highest BCUT2D eigenvalue weighted by atomic mass is 31.1. The van der Waals surface area contributed by atoms with Crippen LogP contribution in [0.2, 0.25) is 0 Å². The first-order chi connectivity index (χ1) is 4.93. The minimum Gasteiger partial charge on any atom is -0.374 e. The second kappa shape index (κ2) is 5.09. The van der Waals surface area contributed by atoms with Crippen molar-refractivity contribution in [2.75, 3.05) is 12.8 Å². The van der Waals surface area contributed by atoms with Gasteiger partial charge in [0.25, 0.3) is 0 Å². The zero-order chi connectivity index (χ0) is 7.23. The minimum absolute atomic E-state index is 0.633. The van der Waals surface area contributed by atoms with E-state index in [1.54, 1.807) is 0 Å². The van der Waals surface area contributed by atoms with Gasteiger partial charge in [-0.3, -0.25) is 0 Å². The highest BCUT2D eigenvalue weighted by Gasteiger charge is 2.11. The summed E-state index contributed by atoms with van der Waals surface area (Å²) in [5, 5.41) is 0. The predicted molar refractivity (Wildman–Crippen MR) is 47.1 cm³/mol. The lowest BCUT2D eigenvalue weighted by Gasteiger charge is -2.22. The molecule has 0 saturated carbocycles. The Kier molecular flexibility index (Phi) is 4.32. The van der Waals surface area contributed by atoms with Gasteiger partial charge in [0.1, 0.15) is 0 Å². The Balaban J connectivity index is 2.02. The van der Waals surface area contributed by atoms with Gasteiger partial charge < -0.3 is 4.74 Å². The number of unbranched alkanes of at least 4 members (excludes halogenated alkanes) is 1. The minimum atomic E-state index is 0.633. The molecule has 0 bridgehead atoms. The summed E-state index contributed by atoms with van der Waals surface area (Å²) < 4.78 is 5.59. The van der Waals surface area contributed by atoms with Gasteiger partial charge in [-0.2, -0.15) is 0 Å². The maximum Gasteiger partial charge on any atom is 0.0737 e. The molecule has 1 aliphatic heterocycles. The van der Waals surface area contributed by atoms with E-state index in [4.69, 9.17) is 4.74 Å². The molecule has 1 nitrogen and oxygen atoms in total. The molecule has 0 N–H and O–H groups in total. The quantitative estimate of drug-likeness (QED) is 0.576. The van der Waals surface area contributed by atoms with Crippen LogP contribution in [-0.4, -0.2) is 18.6 Å². The smallest absolute Gasteiger partial charge is 0.0737 e. The standard InChI is InChI=1S/C8H17OP/c1-2-3-5-8-9-6-4-7-10-8/h8,10H,2-7H2,1H3. The van der Waals surface area contributed by atoms with Gasteiger partial charge in [0.05, 0.1) is 5.85 Å². The van der Waals surface area contributed by atoms with E-state index in [9.17, 15) is 0 Å². The van der Waals surface area contributed by atoms with Gasteiger partial charge in [-0.15, -0.1) is 0 Å². The van der Waals surface area contributed by atoms with Crippen LogP contribution in [-0.2, 0) is 4.74 Å². The van der Waals surface area contributed by atoms with Crippen molar-refractivity contribution in [1.29, 1.82) is 0 Å². The van der Waals surface area contributed by atoms with Crippen molar-refractivity contribution in [3.8, 4) is 0 Å². The van der Waals surface area contributed by atoms with Crippen LogP contribution in [0.5, 0.6) is 0 Å². The molecule has 1 heterocycles. The summed E-state index contributed by atoms with van der Waals surface area (Å²) >= 11 is 0. The van der Waals surface area contributed by atoms with E-state index in [0.29, 0.717) is 5.85 Å². The lowest BCUT2D eigenvalue weighted by molar-refractivity contribution is 0.0957. The molecule has 2 atom stereocenters. The van der Waals surface area contributed by atoms with Crippen LogP contribution >= 0.6 is 8.58 Å². The highest BCUT2D eigenvalue weighted by Crippen LogP contribution is 2.29. The maximum atomic E-state index is 5.59. The lowest BCUT2D eigenvalue weighted by atomic mass is 10.3. The first-order valence-electron chi connectivity index (χ1n) is 4.28. The van der Waals surface area contributed by atoms with Crippen molar-refractivity contribution in [3.63, 3.8) is 0 Å². The molecule has 0 aromatic carbocycles. The van der Waals surface area contributed by atoms with Gasteiger partial charge in [0, 0.05) is 6.61 Å². The number of hydrogen-bond acceptors (Lipinski definition) is 1. The molecule has 0 spiro atoms. The maximum absolute atomic E-state index is 5.59. The molecule has 60 valence electrons. The highest BCUT2D eigenvalue weighted by molar-refractivity contribution is 7.38. The SMILES string of the molecule is CCCCC1OCCCP1. The van der Waals surface area contributed by atoms with Gasteiger partial charge in [0.15, 0.2) is 0 Å². The molecule has 2 unspecified atom stereocenters. The van der Waals surface area contributed by atoms with E-state index >= 15 is 0 Å². The predicted octanol–water partition coefficient (Wildman–Crippen LogP) is 2.60. The van der Waals surface area contributed by atoms with Crippen molar-refractivity contribution in [3.05, 3.63) is 0 Å². The molecule has 1 fully saturated rings. The van der Waals surface area contributed by atoms with Crippen molar-refractivity contribution in [2.24, 2.45) is 0 Å². The van der Waals surface area contributed by atoms with Crippen LogP contribution in [0.4, 0.5) is 0 Å². The lowest BCUT2D eigenvalue weighted by Crippen LogP contribution is -2.14. The van der Waals surface area contributed by atoms with Crippen LogP contribution in [0.15, 0.2) is 0 Å². The normalized spacial score (nSPS) is 29.1. The molecule has 0 aliphatic carbocycles. The molecule has 0 aromatic heterocycles. The molecule has 1 aliphatic rings. The fourth-order valence-electron chi connectivity index (χ4n) is 1.19. The van der Waals surface area contributed by atoms with E-state index in [0.717, 1.165) is 15.2 Å². The summed E-state index contributed by atoms with van der Waals surface area (Å²) in [4.78, 5) is 0. The second-order valence-corrected chi connectivity index (χ2v) is 4.36. The number of rotatable bonds is 3. The van der Waals surface area contributed by atoms with Crippen LogP contribution < -0.4 is 0 Å². The molecule has 0 radical (unpaired) electrons. The largest absolute Gasteiger partial charge is 0.374 e. The summed E-state index contributed by atoms with van der Waals surface area (Å²) in [5.41, 5.74) is 0. The van der Waals surface area contributed by atoms with Crippen LogP contribution in [0, 0.1) is 0 Å². The second-order valence-electron chi connectivity index (χ2n) is 2.81. The Morgan fingerprint density at radius 1 is 1.60 bits per heavy atom. The van der Waals surface area contributed by atoms with Gasteiger partial charge in [0.2, 0.25) is 0 Å². The fraction of sp³-hybridized carbons (Fsp3) is 1.00. The Bertz CT molecular complexity index is 79.3. The van der Waals surface area contributed by atoms with Gasteiger partial charge in [-0.05, 0) is 19.0 Å². The third-order valence-corrected chi connectivity index (χ3v) is 3.38. The van der Waals surface area contributed by atoms with Crippen molar-refractivity contribution < 1.29 is 4.74 Å². The van der Waals surface area contributed by atoms with E-state index in [2.05, 4.69) is 6.92 Å². The van der Waals surface area contributed by atoms with Crippen LogP contribution in [0.3, 0.4) is 0 Å². The van der Waals surface area contributed by atoms with Crippen LogP contribution in [0.1, 0.15) is 32.6 Å². The zero-order valence-corrected chi connectivity index (χ0v) is 7.73. The average Bonchev–Trinajstić information content (AvgIpc) is 2.03. The molecule has 0 aromatic rings. The molecule has 1 rings (SSSR count). The first kappa shape index (κ1) is 8.49. The zero-order valence-electron chi connectivity index (χ0n) is 6.73. The van der Waals surface area contributed by atoms with Crippen molar-refractivity contribution >= 4 is 8.58 Å². The summed E-state index contributed by atoms with van der Waals surface area (Å²) in [6.45, 7) is 3.26. The van der Waals surface area contributed by atoms with Gasteiger partial charge >= 0.3 is 0 Å². The third-order valence-electron chi connectivity index (χ3n) is 1.83. The van der Waals surface area contributed by atoms with Gasteiger partial charge in [-0.25, -0.2) is 0 Å². The van der Waals surface area contributed by atoms with E-state index in [1.165, 1.54) is 31.8 Å².